The summed E-state index contributed by atoms with van der Waals surface area (Å²) < 4.78 is 0. The number of likely N-dealkylation sites (tertiary alicyclic amines) is 1. The number of piperidine rings is 1. The molecule has 5 heteroatoms. The van der Waals surface area contributed by atoms with E-state index >= 15 is 0 Å². The van der Waals surface area contributed by atoms with Crippen molar-refractivity contribution in [3.8, 4) is 0 Å². The lowest BCUT2D eigenvalue weighted by Gasteiger charge is -2.33. The highest BCUT2D eigenvalue weighted by atomic mass is 16.2. The summed E-state index contributed by atoms with van der Waals surface area (Å²) in [6.07, 6.45) is 4.42. The van der Waals surface area contributed by atoms with Gasteiger partial charge in [-0.05, 0) is 55.4 Å². The number of carbonyl (C=O) groups is 2. The van der Waals surface area contributed by atoms with E-state index in [0.717, 1.165) is 38.0 Å². The maximum Gasteiger partial charge on any atom is 0.321 e. The Morgan fingerprint density at radius 3 is 2.71 bits per heavy atom. The summed E-state index contributed by atoms with van der Waals surface area (Å²) in [5.74, 6) is 0.622. The molecule has 2 aliphatic rings. The SMILES string of the molecule is O=C(c1cccc(N2CCNC2=O)c1)N1CCC[C@@H](CCc2ccccc2)C1. The maximum atomic E-state index is 13.1. The van der Waals surface area contributed by atoms with E-state index in [1.54, 1.807) is 4.90 Å². The van der Waals surface area contributed by atoms with Gasteiger partial charge >= 0.3 is 6.03 Å². The monoisotopic (exact) mass is 377 g/mol. The largest absolute Gasteiger partial charge is 0.338 e. The first-order chi connectivity index (χ1) is 13.7. The zero-order valence-corrected chi connectivity index (χ0v) is 16.1. The topological polar surface area (TPSA) is 52.7 Å². The molecule has 0 bridgehead atoms. The molecular formula is C23H27N3O2. The Bertz CT molecular complexity index is 837. The first kappa shape index (κ1) is 18.5. The number of hydrogen-bond acceptors (Lipinski definition) is 2. The van der Waals surface area contributed by atoms with Crippen LogP contribution in [0.2, 0.25) is 0 Å². The lowest BCUT2D eigenvalue weighted by Crippen LogP contribution is -2.40. The van der Waals surface area contributed by atoms with Crippen LogP contribution in [-0.2, 0) is 6.42 Å². The Hall–Kier alpha value is -2.82. The third-order valence-corrected chi connectivity index (χ3v) is 5.75. The Morgan fingerprint density at radius 1 is 1.07 bits per heavy atom. The molecule has 2 saturated heterocycles. The van der Waals surface area contributed by atoms with Crippen LogP contribution >= 0.6 is 0 Å². The number of urea groups is 1. The number of anilines is 1. The second kappa shape index (κ2) is 8.46. The van der Waals surface area contributed by atoms with E-state index in [1.165, 1.54) is 12.0 Å². The van der Waals surface area contributed by atoms with Gasteiger partial charge in [0.05, 0.1) is 0 Å². The van der Waals surface area contributed by atoms with E-state index in [9.17, 15) is 9.59 Å². The number of rotatable bonds is 5. The summed E-state index contributed by atoms with van der Waals surface area (Å²) in [5.41, 5.74) is 2.82. The number of aryl methyl sites for hydroxylation is 1. The van der Waals surface area contributed by atoms with Gasteiger partial charge in [-0.2, -0.15) is 0 Å². The highest BCUT2D eigenvalue weighted by Gasteiger charge is 2.26. The number of benzene rings is 2. The van der Waals surface area contributed by atoms with Crippen LogP contribution in [0.25, 0.3) is 0 Å². The predicted molar refractivity (Wildman–Crippen MR) is 111 cm³/mol. The molecule has 2 aliphatic heterocycles. The molecule has 4 rings (SSSR count). The molecule has 3 amide bonds. The Kier molecular flexibility index (Phi) is 5.60. The zero-order valence-electron chi connectivity index (χ0n) is 16.1. The predicted octanol–water partition coefficient (Wildman–Crippen LogP) is 3.70. The fraction of sp³-hybridized carbons (Fsp3) is 0.391. The quantitative estimate of drug-likeness (QED) is 0.864. The van der Waals surface area contributed by atoms with Crippen LogP contribution in [0.3, 0.4) is 0 Å². The third kappa shape index (κ3) is 4.19. The van der Waals surface area contributed by atoms with Crippen molar-refractivity contribution in [2.45, 2.75) is 25.7 Å². The normalized spacial score (nSPS) is 19.6. The molecular weight excluding hydrogens is 350 g/mol. The summed E-state index contributed by atoms with van der Waals surface area (Å²) in [6.45, 7) is 2.92. The van der Waals surface area contributed by atoms with Crippen LogP contribution in [0.15, 0.2) is 54.6 Å². The minimum atomic E-state index is -0.0939. The average Bonchev–Trinajstić information content (AvgIpc) is 3.19. The Morgan fingerprint density at radius 2 is 1.93 bits per heavy atom. The van der Waals surface area contributed by atoms with Gasteiger partial charge in [-0.1, -0.05) is 36.4 Å². The molecule has 0 aromatic heterocycles. The van der Waals surface area contributed by atoms with Crippen LogP contribution in [0.1, 0.15) is 35.2 Å². The van der Waals surface area contributed by atoms with Gasteiger partial charge < -0.3 is 10.2 Å². The molecule has 5 nitrogen and oxygen atoms in total. The summed E-state index contributed by atoms with van der Waals surface area (Å²) in [4.78, 5) is 28.7. The van der Waals surface area contributed by atoms with Crippen molar-refractivity contribution in [1.29, 1.82) is 0 Å². The van der Waals surface area contributed by atoms with Crippen molar-refractivity contribution in [1.82, 2.24) is 10.2 Å². The smallest absolute Gasteiger partial charge is 0.321 e. The summed E-state index contributed by atoms with van der Waals surface area (Å²) in [7, 11) is 0. The number of nitrogens with one attached hydrogen (secondary N) is 1. The van der Waals surface area contributed by atoms with Crippen molar-refractivity contribution in [3.05, 3.63) is 65.7 Å². The molecule has 0 spiro atoms. The molecule has 0 radical (unpaired) electrons. The Labute approximate surface area is 166 Å². The second-order valence-corrected chi connectivity index (χ2v) is 7.72. The Balaban J connectivity index is 1.39. The van der Waals surface area contributed by atoms with Crippen molar-refractivity contribution < 1.29 is 9.59 Å². The highest BCUT2D eigenvalue weighted by molar-refractivity contribution is 5.98. The summed E-state index contributed by atoms with van der Waals surface area (Å²) in [6, 6.07) is 17.9. The lowest BCUT2D eigenvalue weighted by atomic mass is 9.91. The molecule has 0 unspecified atom stereocenters. The fourth-order valence-electron chi connectivity index (χ4n) is 4.21. The molecule has 1 N–H and O–H groups in total. The molecule has 0 aliphatic carbocycles. The van der Waals surface area contributed by atoms with Crippen LogP contribution in [0.4, 0.5) is 10.5 Å². The van der Waals surface area contributed by atoms with Crippen LogP contribution in [-0.4, -0.2) is 43.0 Å². The highest BCUT2D eigenvalue weighted by Crippen LogP contribution is 2.24. The molecule has 0 saturated carbocycles. The van der Waals surface area contributed by atoms with Crippen molar-refractivity contribution >= 4 is 17.6 Å². The van der Waals surface area contributed by atoms with Crippen molar-refractivity contribution in [2.24, 2.45) is 5.92 Å². The van der Waals surface area contributed by atoms with E-state index < -0.39 is 0 Å². The minimum absolute atomic E-state index is 0.0749. The number of carbonyl (C=O) groups excluding carboxylic acids is 2. The van der Waals surface area contributed by atoms with Gasteiger partial charge in [0.15, 0.2) is 0 Å². The van der Waals surface area contributed by atoms with E-state index in [1.807, 2.05) is 35.2 Å². The second-order valence-electron chi connectivity index (χ2n) is 7.72. The molecule has 1 atom stereocenters. The first-order valence-corrected chi connectivity index (χ1v) is 10.2. The van der Waals surface area contributed by atoms with Crippen LogP contribution < -0.4 is 10.2 Å². The van der Waals surface area contributed by atoms with Gasteiger partial charge in [-0.15, -0.1) is 0 Å². The van der Waals surface area contributed by atoms with Crippen molar-refractivity contribution in [3.63, 3.8) is 0 Å². The van der Waals surface area contributed by atoms with E-state index in [2.05, 4.69) is 29.6 Å². The number of hydrogen-bond donors (Lipinski definition) is 1. The molecule has 28 heavy (non-hydrogen) atoms. The molecule has 2 aromatic rings. The third-order valence-electron chi connectivity index (χ3n) is 5.75. The molecule has 2 fully saturated rings. The van der Waals surface area contributed by atoms with Crippen molar-refractivity contribution in [2.75, 3.05) is 31.1 Å². The van der Waals surface area contributed by atoms with Gasteiger partial charge in [0.1, 0.15) is 0 Å². The van der Waals surface area contributed by atoms with E-state index in [0.29, 0.717) is 24.6 Å². The van der Waals surface area contributed by atoms with Gasteiger partial charge in [-0.25, -0.2) is 4.79 Å². The number of amides is 3. The minimum Gasteiger partial charge on any atom is -0.338 e. The average molecular weight is 377 g/mol. The standard InChI is InChI=1S/C23H27N3O2/c27-22(20-9-4-10-21(16-20)26-15-13-24-23(26)28)25-14-5-8-19(17-25)12-11-18-6-2-1-3-7-18/h1-4,6-7,9-10,16,19H,5,8,11-15,17H2,(H,24,28)/t19-/m0/s1. The summed E-state index contributed by atoms with van der Waals surface area (Å²) >= 11 is 0. The van der Waals surface area contributed by atoms with E-state index in [4.69, 9.17) is 0 Å². The van der Waals surface area contributed by atoms with Gasteiger partial charge in [0.2, 0.25) is 0 Å². The fourth-order valence-corrected chi connectivity index (χ4v) is 4.21. The molecule has 146 valence electrons. The molecule has 2 heterocycles. The molecule has 2 aromatic carbocycles. The van der Waals surface area contributed by atoms with Gasteiger partial charge in [0, 0.05) is 37.4 Å². The maximum absolute atomic E-state index is 13.1. The van der Waals surface area contributed by atoms with Crippen LogP contribution in [0.5, 0.6) is 0 Å². The van der Waals surface area contributed by atoms with Gasteiger partial charge in [-0.3, -0.25) is 9.69 Å². The lowest BCUT2D eigenvalue weighted by molar-refractivity contribution is 0.0668. The zero-order chi connectivity index (χ0) is 19.3. The van der Waals surface area contributed by atoms with Gasteiger partial charge in [0.25, 0.3) is 5.91 Å². The summed E-state index contributed by atoms with van der Waals surface area (Å²) in [5, 5.41) is 2.81. The van der Waals surface area contributed by atoms with E-state index in [-0.39, 0.29) is 11.9 Å². The number of nitrogens with zero attached hydrogens (tertiary/aromatic N) is 2. The first-order valence-electron chi connectivity index (χ1n) is 10.2. The van der Waals surface area contributed by atoms with Crippen LogP contribution in [0, 0.1) is 5.92 Å².